The molecule has 0 spiro atoms. The predicted molar refractivity (Wildman–Crippen MR) is 89.1 cm³/mol. The highest BCUT2D eigenvalue weighted by Gasteiger charge is 2.27. The van der Waals surface area contributed by atoms with Gasteiger partial charge in [-0.1, -0.05) is 30.3 Å². The Morgan fingerprint density at radius 3 is 2.52 bits per heavy atom. The Bertz CT molecular complexity index is 566. The zero-order valence-electron chi connectivity index (χ0n) is 13.1. The van der Waals surface area contributed by atoms with E-state index in [9.17, 15) is 14.2 Å². The maximum atomic E-state index is 12.2. The molecule has 3 atom stereocenters. The summed E-state index contributed by atoms with van der Waals surface area (Å²) in [4.78, 5) is 22.7. The SMILES string of the molecule is CC(=O)C(C)OP(=O)(CCNC(=O)OCc1ccccc1)OP. The van der Waals surface area contributed by atoms with Gasteiger partial charge in [0.2, 0.25) is 0 Å². The first-order valence-corrected chi connectivity index (χ1v) is 9.17. The van der Waals surface area contributed by atoms with Gasteiger partial charge in [0.1, 0.15) is 12.7 Å². The fourth-order valence-electron chi connectivity index (χ4n) is 1.51. The summed E-state index contributed by atoms with van der Waals surface area (Å²) in [7, 11) is -1.61. The Morgan fingerprint density at radius 1 is 1.30 bits per heavy atom. The number of hydrogen-bond acceptors (Lipinski definition) is 6. The minimum absolute atomic E-state index is 0.0317. The zero-order chi connectivity index (χ0) is 17.3. The number of carbonyl (C=O) groups excluding carboxylic acids is 2. The van der Waals surface area contributed by atoms with Gasteiger partial charge in [0.25, 0.3) is 0 Å². The van der Waals surface area contributed by atoms with E-state index in [1.54, 1.807) is 0 Å². The van der Waals surface area contributed by atoms with Crippen molar-refractivity contribution in [2.24, 2.45) is 0 Å². The summed E-state index contributed by atoms with van der Waals surface area (Å²) in [6.45, 7) is 2.99. The Balaban J connectivity index is 2.34. The smallest absolute Gasteiger partial charge is 0.407 e. The van der Waals surface area contributed by atoms with Crippen LogP contribution in [0.3, 0.4) is 0 Å². The first-order chi connectivity index (χ1) is 10.9. The topological polar surface area (TPSA) is 90.9 Å². The molecule has 0 saturated carbocycles. The molecule has 0 aliphatic carbocycles. The summed E-state index contributed by atoms with van der Waals surface area (Å²) in [6, 6.07) is 9.22. The van der Waals surface area contributed by atoms with E-state index in [0.717, 1.165) is 5.56 Å². The average Bonchev–Trinajstić information content (AvgIpc) is 2.53. The van der Waals surface area contributed by atoms with Crippen LogP contribution < -0.4 is 5.32 Å². The number of ether oxygens (including phenoxy) is 1. The Hall–Kier alpha value is -1.26. The van der Waals surface area contributed by atoms with Crippen LogP contribution in [0.5, 0.6) is 0 Å². The monoisotopic (exact) mass is 361 g/mol. The molecular weight excluding hydrogens is 340 g/mol. The third-order valence-corrected chi connectivity index (χ3v) is 5.61. The molecule has 0 aliphatic heterocycles. The lowest BCUT2D eigenvalue weighted by Crippen LogP contribution is -2.28. The second-order valence-electron chi connectivity index (χ2n) is 4.79. The number of rotatable bonds is 9. The Morgan fingerprint density at radius 2 is 1.96 bits per heavy atom. The lowest BCUT2D eigenvalue weighted by Gasteiger charge is -2.19. The van der Waals surface area contributed by atoms with Gasteiger partial charge in [0, 0.05) is 16.0 Å². The van der Waals surface area contributed by atoms with Gasteiger partial charge in [0.05, 0.1) is 6.16 Å². The van der Waals surface area contributed by atoms with Crippen LogP contribution >= 0.6 is 17.1 Å². The third-order valence-electron chi connectivity index (χ3n) is 2.92. The molecule has 0 heterocycles. The van der Waals surface area contributed by atoms with Crippen LogP contribution in [0.25, 0.3) is 0 Å². The van der Waals surface area contributed by atoms with E-state index < -0.39 is 19.8 Å². The van der Waals surface area contributed by atoms with Crippen LogP contribution in [0.2, 0.25) is 0 Å². The van der Waals surface area contributed by atoms with Crippen LogP contribution in [0, 0.1) is 0 Å². The number of carbonyl (C=O) groups is 2. The molecule has 0 aromatic heterocycles. The van der Waals surface area contributed by atoms with E-state index in [1.807, 2.05) is 39.8 Å². The average molecular weight is 361 g/mol. The first kappa shape index (κ1) is 19.8. The Labute approximate surface area is 137 Å². The van der Waals surface area contributed by atoms with Crippen molar-refractivity contribution in [3.8, 4) is 0 Å². The summed E-state index contributed by atoms with van der Waals surface area (Å²) in [5, 5.41) is 2.46. The minimum Gasteiger partial charge on any atom is -0.445 e. The first-order valence-electron chi connectivity index (χ1n) is 6.97. The van der Waals surface area contributed by atoms with Gasteiger partial charge in [-0.2, -0.15) is 0 Å². The van der Waals surface area contributed by atoms with Gasteiger partial charge < -0.3 is 10.1 Å². The van der Waals surface area contributed by atoms with E-state index in [2.05, 4.69) is 5.32 Å². The molecule has 3 unspecified atom stereocenters. The molecule has 1 rings (SSSR count). The number of ketones is 1. The highest BCUT2D eigenvalue weighted by Crippen LogP contribution is 2.50. The second kappa shape index (κ2) is 9.78. The largest absolute Gasteiger partial charge is 0.445 e. The molecule has 1 amide bonds. The van der Waals surface area contributed by atoms with E-state index in [4.69, 9.17) is 13.6 Å². The van der Waals surface area contributed by atoms with Crippen molar-refractivity contribution < 1.29 is 27.7 Å². The molecule has 0 bridgehead atoms. The van der Waals surface area contributed by atoms with Crippen LogP contribution in [-0.2, 0) is 29.5 Å². The molecule has 0 saturated heterocycles. The van der Waals surface area contributed by atoms with Crippen molar-refractivity contribution in [1.82, 2.24) is 5.32 Å². The standard InChI is InChI=1S/C14H21NO6P2/c1-11(16)12(2)20-23(18,21-22)9-8-15-14(17)19-10-13-6-4-3-5-7-13/h3-7,12H,8-10,22H2,1-2H3,(H,15,17). The van der Waals surface area contributed by atoms with Crippen LogP contribution in [0.1, 0.15) is 19.4 Å². The predicted octanol–water partition coefficient (Wildman–Crippen LogP) is 2.91. The second-order valence-corrected chi connectivity index (χ2v) is 7.51. The van der Waals surface area contributed by atoms with Gasteiger partial charge >= 0.3 is 13.7 Å². The highest BCUT2D eigenvalue weighted by molar-refractivity contribution is 7.57. The van der Waals surface area contributed by atoms with Gasteiger partial charge in [-0.05, 0) is 19.4 Å². The summed E-state index contributed by atoms with van der Waals surface area (Å²) < 4.78 is 27.2. The van der Waals surface area contributed by atoms with Crippen molar-refractivity contribution in [2.45, 2.75) is 26.6 Å². The van der Waals surface area contributed by atoms with Crippen molar-refractivity contribution in [3.05, 3.63) is 35.9 Å². The fraction of sp³-hybridized carbons (Fsp3) is 0.429. The number of hydrogen-bond donors (Lipinski definition) is 1. The van der Waals surface area contributed by atoms with Crippen LogP contribution in [0.15, 0.2) is 30.3 Å². The zero-order valence-corrected chi connectivity index (χ0v) is 15.1. The molecule has 0 radical (unpaired) electrons. The lowest BCUT2D eigenvalue weighted by atomic mass is 10.2. The number of benzene rings is 1. The van der Waals surface area contributed by atoms with Crippen molar-refractivity contribution in [3.63, 3.8) is 0 Å². The van der Waals surface area contributed by atoms with E-state index in [1.165, 1.54) is 13.8 Å². The normalized spacial score (nSPS) is 14.6. The molecule has 1 N–H and O–H groups in total. The molecule has 7 nitrogen and oxygen atoms in total. The number of amides is 1. The van der Waals surface area contributed by atoms with Crippen LogP contribution in [0.4, 0.5) is 4.79 Å². The van der Waals surface area contributed by atoms with Crippen molar-refractivity contribution in [1.29, 1.82) is 0 Å². The van der Waals surface area contributed by atoms with Gasteiger partial charge in [-0.3, -0.25) is 18.2 Å². The summed E-state index contributed by atoms with van der Waals surface area (Å²) >= 11 is 0. The number of Topliss-reactive ketones (excluding diaryl/α,β-unsaturated/α-hetero) is 1. The third kappa shape index (κ3) is 7.71. The van der Waals surface area contributed by atoms with Gasteiger partial charge in [-0.25, -0.2) is 4.79 Å². The molecule has 9 heteroatoms. The van der Waals surface area contributed by atoms with E-state index >= 15 is 0 Å². The molecule has 0 fully saturated rings. The molecule has 1 aromatic rings. The van der Waals surface area contributed by atoms with Crippen LogP contribution in [-0.4, -0.2) is 30.7 Å². The van der Waals surface area contributed by atoms with E-state index in [0.29, 0.717) is 0 Å². The maximum Gasteiger partial charge on any atom is 0.407 e. The summed E-state index contributed by atoms with van der Waals surface area (Å²) in [6.07, 6.45) is -1.55. The summed E-state index contributed by atoms with van der Waals surface area (Å²) in [5.74, 6) is -0.262. The lowest BCUT2D eigenvalue weighted by molar-refractivity contribution is -0.123. The quantitative estimate of drug-likeness (QED) is 0.680. The molecular formula is C14H21NO6P2. The Kier molecular flexibility index (Phi) is 8.42. The maximum absolute atomic E-state index is 12.2. The number of nitrogens with one attached hydrogen (secondary N) is 1. The number of alkyl carbamates (subject to hydrolysis) is 1. The van der Waals surface area contributed by atoms with Crippen molar-refractivity contribution >= 4 is 28.9 Å². The molecule has 0 aliphatic rings. The highest BCUT2D eigenvalue weighted by atomic mass is 31.2. The summed E-state index contributed by atoms with van der Waals surface area (Å²) in [5.41, 5.74) is 0.861. The van der Waals surface area contributed by atoms with Crippen molar-refractivity contribution in [2.75, 3.05) is 12.7 Å². The molecule has 23 heavy (non-hydrogen) atoms. The fourth-order valence-corrected chi connectivity index (χ4v) is 3.26. The minimum atomic E-state index is -3.47. The van der Waals surface area contributed by atoms with E-state index in [-0.39, 0.29) is 25.1 Å². The molecule has 128 valence electrons. The molecule has 1 aromatic carbocycles. The van der Waals surface area contributed by atoms with Gasteiger partial charge in [0.15, 0.2) is 5.78 Å². The van der Waals surface area contributed by atoms with Gasteiger partial charge in [-0.15, -0.1) is 0 Å².